The van der Waals surface area contributed by atoms with Crippen molar-refractivity contribution < 1.29 is 23.9 Å². The molecule has 1 aliphatic rings. The van der Waals surface area contributed by atoms with Crippen molar-refractivity contribution in [3.63, 3.8) is 0 Å². The quantitative estimate of drug-likeness (QED) is 0.328. The Balaban J connectivity index is 1.93. The first kappa shape index (κ1) is 8.12. The van der Waals surface area contributed by atoms with E-state index in [2.05, 4.69) is 0 Å². The Bertz CT molecular complexity index is 107. The van der Waals surface area contributed by atoms with E-state index in [1.165, 1.54) is 0 Å². The standard InChI is InChI=1S/C4H10O5Si/c5-10(6,7)3-8-1-4-2-9-4/h4-7H,1-3H2. The molecule has 0 aromatic rings. The molecular weight excluding hydrogens is 156 g/mol. The van der Waals surface area contributed by atoms with Crippen LogP contribution in [-0.2, 0) is 9.47 Å². The minimum absolute atomic E-state index is 0.0938. The van der Waals surface area contributed by atoms with Crippen molar-refractivity contribution in [1.82, 2.24) is 0 Å². The Hall–Kier alpha value is 0.0169. The molecule has 3 N–H and O–H groups in total. The first-order valence-electron chi connectivity index (χ1n) is 2.94. The third-order valence-electron chi connectivity index (χ3n) is 1.00. The van der Waals surface area contributed by atoms with Gasteiger partial charge in [-0.05, 0) is 0 Å². The highest BCUT2D eigenvalue weighted by Gasteiger charge is 2.29. The molecule has 5 nitrogen and oxygen atoms in total. The summed E-state index contributed by atoms with van der Waals surface area (Å²) in [5, 5.41) is 0. The zero-order chi connectivity index (χ0) is 7.61. The molecule has 1 heterocycles. The summed E-state index contributed by atoms with van der Waals surface area (Å²) in [6.07, 6.45) is -0.274. The van der Waals surface area contributed by atoms with Crippen LogP contribution in [0.4, 0.5) is 0 Å². The minimum atomic E-state index is -3.97. The minimum Gasteiger partial charge on any atom is -0.389 e. The smallest absolute Gasteiger partial charge is 0.389 e. The van der Waals surface area contributed by atoms with E-state index >= 15 is 0 Å². The summed E-state index contributed by atoms with van der Waals surface area (Å²) in [6.45, 7) is 0.993. The normalized spacial score (nSPS) is 24.9. The van der Waals surface area contributed by atoms with E-state index in [1.54, 1.807) is 0 Å². The number of epoxide rings is 1. The highest BCUT2D eigenvalue weighted by Crippen LogP contribution is 2.08. The van der Waals surface area contributed by atoms with Gasteiger partial charge < -0.3 is 23.9 Å². The maximum atomic E-state index is 8.44. The molecule has 10 heavy (non-hydrogen) atoms. The highest BCUT2D eigenvalue weighted by molar-refractivity contribution is 6.56. The van der Waals surface area contributed by atoms with Gasteiger partial charge in [0, 0.05) is 0 Å². The number of hydrogen-bond acceptors (Lipinski definition) is 5. The maximum Gasteiger partial charge on any atom is 0.519 e. The molecule has 0 aliphatic carbocycles. The molecule has 0 saturated carbocycles. The number of hydrogen-bond donors (Lipinski definition) is 3. The van der Waals surface area contributed by atoms with E-state index in [0.29, 0.717) is 13.2 Å². The molecule has 1 fully saturated rings. The fourth-order valence-corrected chi connectivity index (χ4v) is 0.883. The summed E-state index contributed by atoms with van der Waals surface area (Å²) in [7, 11) is -3.97. The van der Waals surface area contributed by atoms with Gasteiger partial charge in [-0.15, -0.1) is 0 Å². The predicted octanol–water partition coefficient (Wildman–Crippen LogP) is -2.14. The Morgan fingerprint density at radius 3 is 2.50 bits per heavy atom. The maximum absolute atomic E-state index is 8.44. The van der Waals surface area contributed by atoms with E-state index < -0.39 is 8.80 Å². The summed E-state index contributed by atoms with van der Waals surface area (Å²) in [6, 6.07) is 0. The van der Waals surface area contributed by atoms with Gasteiger partial charge in [-0.3, -0.25) is 0 Å². The first-order valence-corrected chi connectivity index (χ1v) is 4.99. The zero-order valence-corrected chi connectivity index (χ0v) is 6.36. The summed E-state index contributed by atoms with van der Waals surface area (Å²) in [5.74, 6) is 0. The van der Waals surface area contributed by atoms with Crippen molar-refractivity contribution in [2.45, 2.75) is 6.10 Å². The van der Waals surface area contributed by atoms with Crippen molar-refractivity contribution in [2.75, 3.05) is 19.4 Å². The molecule has 1 aliphatic heterocycles. The zero-order valence-electron chi connectivity index (χ0n) is 5.36. The second kappa shape index (κ2) is 2.95. The van der Waals surface area contributed by atoms with Crippen LogP contribution >= 0.6 is 0 Å². The molecule has 1 atom stereocenters. The van der Waals surface area contributed by atoms with E-state index in [9.17, 15) is 0 Å². The molecule has 1 unspecified atom stereocenters. The van der Waals surface area contributed by atoms with Crippen LogP contribution in [0.25, 0.3) is 0 Å². The van der Waals surface area contributed by atoms with Gasteiger partial charge in [0.15, 0.2) is 0 Å². The SMILES string of the molecule is O[Si](O)(O)COCC1CO1. The molecule has 1 rings (SSSR count). The Kier molecular flexibility index (Phi) is 2.39. The van der Waals surface area contributed by atoms with E-state index in [-0.39, 0.29) is 12.3 Å². The average molecular weight is 166 g/mol. The third-order valence-corrected chi connectivity index (χ3v) is 1.59. The van der Waals surface area contributed by atoms with Crippen molar-refractivity contribution in [3.8, 4) is 0 Å². The molecule has 0 aromatic heterocycles. The van der Waals surface area contributed by atoms with Crippen molar-refractivity contribution in [3.05, 3.63) is 0 Å². The van der Waals surface area contributed by atoms with Crippen molar-refractivity contribution in [2.24, 2.45) is 0 Å². The van der Waals surface area contributed by atoms with Crippen LogP contribution in [0.1, 0.15) is 0 Å². The van der Waals surface area contributed by atoms with Crippen LogP contribution < -0.4 is 0 Å². The topological polar surface area (TPSA) is 82.5 Å². The summed E-state index contributed by atoms with van der Waals surface area (Å²) < 4.78 is 9.48. The molecule has 0 radical (unpaired) electrons. The monoisotopic (exact) mass is 166 g/mol. The van der Waals surface area contributed by atoms with Gasteiger partial charge >= 0.3 is 8.80 Å². The largest absolute Gasteiger partial charge is 0.519 e. The lowest BCUT2D eigenvalue weighted by atomic mass is 10.5. The highest BCUT2D eigenvalue weighted by atomic mass is 28.4. The van der Waals surface area contributed by atoms with E-state index in [1.807, 2.05) is 0 Å². The van der Waals surface area contributed by atoms with Gasteiger partial charge in [0.2, 0.25) is 0 Å². The lowest BCUT2D eigenvalue weighted by molar-refractivity contribution is 0.0972. The van der Waals surface area contributed by atoms with Crippen LogP contribution in [0.5, 0.6) is 0 Å². The predicted molar refractivity (Wildman–Crippen MR) is 33.0 cm³/mol. The fraction of sp³-hybridized carbons (Fsp3) is 1.00. The van der Waals surface area contributed by atoms with E-state index in [4.69, 9.17) is 23.9 Å². The molecule has 0 amide bonds. The van der Waals surface area contributed by atoms with Crippen LogP contribution in [0, 0.1) is 0 Å². The lowest BCUT2D eigenvalue weighted by Gasteiger charge is -2.08. The van der Waals surface area contributed by atoms with Gasteiger partial charge in [-0.1, -0.05) is 0 Å². The molecule has 0 aromatic carbocycles. The van der Waals surface area contributed by atoms with E-state index in [0.717, 1.165) is 0 Å². The van der Waals surface area contributed by atoms with Crippen LogP contribution in [-0.4, -0.2) is 48.7 Å². The fourth-order valence-electron chi connectivity index (χ4n) is 0.492. The Labute approximate surface area is 59.2 Å². The molecular formula is C4H10O5Si. The van der Waals surface area contributed by atoms with Gasteiger partial charge in [0.1, 0.15) is 12.3 Å². The molecule has 1 saturated heterocycles. The van der Waals surface area contributed by atoms with Crippen LogP contribution in [0.3, 0.4) is 0 Å². The molecule has 60 valence electrons. The molecule has 0 bridgehead atoms. The van der Waals surface area contributed by atoms with Crippen LogP contribution in [0.15, 0.2) is 0 Å². The Morgan fingerprint density at radius 1 is 1.50 bits per heavy atom. The van der Waals surface area contributed by atoms with Gasteiger partial charge in [0.25, 0.3) is 0 Å². The third kappa shape index (κ3) is 3.93. The Morgan fingerprint density at radius 2 is 2.10 bits per heavy atom. The van der Waals surface area contributed by atoms with Gasteiger partial charge in [0.05, 0.1) is 13.2 Å². The lowest BCUT2D eigenvalue weighted by Crippen LogP contribution is -2.41. The summed E-state index contributed by atoms with van der Waals surface area (Å²) >= 11 is 0. The number of ether oxygens (including phenoxy) is 2. The molecule has 0 spiro atoms. The first-order chi connectivity index (χ1) is 4.58. The van der Waals surface area contributed by atoms with Gasteiger partial charge in [-0.25, -0.2) is 0 Å². The second-order valence-electron chi connectivity index (χ2n) is 2.24. The summed E-state index contributed by atoms with van der Waals surface area (Å²) in [4.78, 5) is 25.3. The van der Waals surface area contributed by atoms with Crippen molar-refractivity contribution >= 4 is 8.80 Å². The second-order valence-corrected chi connectivity index (χ2v) is 4.08. The average Bonchev–Trinajstić information content (AvgIpc) is 2.45. The van der Waals surface area contributed by atoms with Gasteiger partial charge in [-0.2, -0.15) is 0 Å². The number of rotatable bonds is 4. The molecule has 6 heteroatoms. The van der Waals surface area contributed by atoms with Crippen molar-refractivity contribution in [1.29, 1.82) is 0 Å². The van der Waals surface area contributed by atoms with Crippen LogP contribution in [0.2, 0.25) is 0 Å². The summed E-state index contributed by atoms with van der Waals surface area (Å²) in [5.41, 5.74) is 0.